The number of nitrogens with zero attached hydrogens (tertiary/aromatic N) is 2. The van der Waals surface area contributed by atoms with E-state index in [0.29, 0.717) is 10.5 Å². The van der Waals surface area contributed by atoms with Crippen LogP contribution in [0.3, 0.4) is 0 Å². The predicted molar refractivity (Wildman–Crippen MR) is 119 cm³/mol. The minimum absolute atomic E-state index is 0.0622. The van der Waals surface area contributed by atoms with Crippen LogP contribution in [-0.2, 0) is 17.3 Å². The lowest BCUT2D eigenvalue weighted by Crippen LogP contribution is -2.22. The van der Waals surface area contributed by atoms with E-state index in [9.17, 15) is 9.59 Å². The molecule has 0 spiro atoms. The van der Waals surface area contributed by atoms with Crippen LogP contribution in [0.2, 0.25) is 0 Å². The molecule has 0 saturated heterocycles. The van der Waals surface area contributed by atoms with E-state index in [-0.39, 0.29) is 22.6 Å². The quantitative estimate of drug-likeness (QED) is 0.498. The summed E-state index contributed by atoms with van der Waals surface area (Å²) in [7, 11) is 1.70. The minimum Gasteiger partial charge on any atom is -0.325 e. The average Bonchev–Trinajstić information content (AvgIpc) is 2.90. The molecule has 2 heterocycles. The monoisotopic (exact) mass is 415 g/mol. The molecule has 0 bridgehead atoms. The van der Waals surface area contributed by atoms with Crippen LogP contribution in [0.1, 0.15) is 36.8 Å². The molecule has 0 unspecified atom stereocenters. The Morgan fingerprint density at radius 3 is 2.61 bits per heavy atom. The second-order valence-electron chi connectivity index (χ2n) is 7.85. The Bertz CT molecular complexity index is 1110. The van der Waals surface area contributed by atoms with Gasteiger partial charge in [0.2, 0.25) is 5.91 Å². The summed E-state index contributed by atoms with van der Waals surface area (Å²) in [5.41, 5.74) is 2.77. The van der Waals surface area contributed by atoms with Crippen molar-refractivity contribution in [1.29, 1.82) is 0 Å². The van der Waals surface area contributed by atoms with E-state index in [1.807, 2.05) is 38.1 Å². The minimum atomic E-state index is -0.116. The molecule has 0 aliphatic carbocycles. The van der Waals surface area contributed by atoms with E-state index >= 15 is 0 Å². The predicted octanol–water partition coefficient (Wildman–Crippen LogP) is 4.64. The lowest BCUT2D eigenvalue weighted by atomic mass is 9.86. The third-order valence-electron chi connectivity index (χ3n) is 4.71. The Labute approximate surface area is 173 Å². The van der Waals surface area contributed by atoms with Crippen LogP contribution in [-0.4, -0.2) is 21.2 Å². The van der Waals surface area contributed by atoms with E-state index in [1.165, 1.54) is 27.7 Å². The lowest BCUT2D eigenvalue weighted by Gasteiger charge is -2.23. The molecule has 2 aromatic heterocycles. The van der Waals surface area contributed by atoms with Crippen molar-refractivity contribution in [2.75, 3.05) is 11.1 Å². The molecule has 1 N–H and O–H groups in total. The highest BCUT2D eigenvalue weighted by molar-refractivity contribution is 7.99. The smallest absolute Gasteiger partial charge is 0.262 e. The van der Waals surface area contributed by atoms with Crippen LogP contribution >= 0.6 is 23.1 Å². The molecule has 3 aromatic rings. The third kappa shape index (κ3) is 4.00. The molecule has 0 fully saturated rings. The number of amides is 1. The first-order valence-corrected chi connectivity index (χ1v) is 10.9. The number of aryl methyl sites for hydroxylation is 2. The van der Waals surface area contributed by atoms with E-state index in [0.717, 1.165) is 26.5 Å². The number of hydrogen-bond donors (Lipinski definition) is 1. The summed E-state index contributed by atoms with van der Waals surface area (Å²) < 4.78 is 1.53. The molecule has 0 aliphatic heterocycles. The first-order chi connectivity index (χ1) is 13.1. The molecule has 0 aliphatic rings. The topological polar surface area (TPSA) is 64.0 Å². The summed E-state index contributed by atoms with van der Waals surface area (Å²) in [6.45, 7) is 10.3. The van der Waals surface area contributed by atoms with Gasteiger partial charge in [-0.2, -0.15) is 0 Å². The SMILES string of the molecule is Cc1sc2nc(SCC(=O)Nc3ccccc3C(C)(C)C)n(C)c(=O)c2c1C. The van der Waals surface area contributed by atoms with E-state index in [4.69, 9.17) is 0 Å². The van der Waals surface area contributed by atoms with Crippen molar-refractivity contribution in [3.05, 3.63) is 50.6 Å². The van der Waals surface area contributed by atoms with Crippen LogP contribution in [0.15, 0.2) is 34.2 Å². The maximum Gasteiger partial charge on any atom is 0.262 e. The molecule has 28 heavy (non-hydrogen) atoms. The van der Waals surface area contributed by atoms with Crippen molar-refractivity contribution >= 4 is 44.9 Å². The molecular weight excluding hydrogens is 390 g/mol. The number of fused-ring (bicyclic) bond motifs is 1. The van der Waals surface area contributed by atoms with Gasteiger partial charge in [0.1, 0.15) is 4.83 Å². The summed E-state index contributed by atoms with van der Waals surface area (Å²) in [5.74, 6) is 0.0720. The summed E-state index contributed by atoms with van der Waals surface area (Å²) in [4.78, 5) is 31.7. The van der Waals surface area contributed by atoms with Crippen LogP contribution in [0.4, 0.5) is 5.69 Å². The highest BCUT2D eigenvalue weighted by atomic mass is 32.2. The Morgan fingerprint density at radius 2 is 1.93 bits per heavy atom. The molecule has 1 amide bonds. The second-order valence-corrected chi connectivity index (χ2v) is 10.0. The zero-order valence-electron chi connectivity index (χ0n) is 17.0. The number of anilines is 1. The fourth-order valence-electron chi connectivity index (χ4n) is 3.05. The highest BCUT2D eigenvalue weighted by Crippen LogP contribution is 2.30. The maximum absolute atomic E-state index is 12.7. The summed E-state index contributed by atoms with van der Waals surface area (Å²) in [5, 5.41) is 4.23. The zero-order valence-corrected chi connectivity index (χ0v) is 18.7. The normalized spacial score (nSPS) is 11.8. The van der Waals surface area contributed by atoms with E-state index in [2.05, 4.69) is 31.1 Å². The van der Waals surface area contributed by atoms with E-state index in [1.54, 1.807) is 7.05 Å². The fraction of sp³-hybridized carbons (Fsp3) is 0.381. The van der Waals surface area contributed by atoms with Gasteiger partial charge in [0.05, 0.1) is 11.1 Å². The highest BCUT2D eigenvalue weighted by Gasteiger charge is 2.19. The van der Waals surface area contributed by atoms with Gasteiger partial charge in [-0.3, -0.25) is 14.2 Å². The summed E-state index contributed by atoms with van der Waals surface area (Å²) in [6.07, 6.45) is 0. The average molecular weight is 416 g/mol. The molecule has 3 rings (SSSR count). The molecule has 148 valence electrons. The van der Waals surface area contributed by atoms with Gasteiger partial charge in [0.25, 0.3) is 5.56 Å². The van der Waals surface area contributed by atoms with Crippen molar-refractivity contribution < 1.29 is 4.79 Å². The molecule has 5 nitrogen and oxygen atoms in total. The van der Waals surface area contributed by atoms with Gasteiger partial charge in [-0.1, -0.05) is 50.7 Å². The number of para-hydroxylation sites is 1. The van der Waals surface area contributed by atoms with Crippen LogP contribution in [0.5, 0.6) is 0 Å². The summed E-state index contributed by atoms with van der Waals surface area (Å²) in [6, 6.07) is 7.84. The lowest BCUT2D eigenvalue weighted by molar-refractivity contribution is -0.113. The van der Waals surface area contributed by atoms with Gasteiger partial charge in [0, 0.05) is 17.6 Å². The fourth-order valence-corrected chi connectivity index (χ4v) is 4.89. The number of rotatable bonds is 4. The molecule has 1 aromatic carbocycles. The zero-order chi connectivity index (χ0) is 20.6. The van der Waals surface area contributed by atoms with Crippen molar-refractivity contribution in [1.82, 2.24) is 9.55 Å². The van der Waals surface area contributed by atoms with Gasteiger partial charge in [-0.15, -0.1) is 11.3 Å². The number of aromatic nitrogens is 2. The number of hydrogen-bond acceptors (Lipinski definition) is 5. The van der Waals surface area contributed by atoms with E-state index < -0.39 is 0 Å². The number of benzene rings is 1. The Kier molecular flexibility index (Phi) is 5.68. The van der Waals surface area contributed by atoms with Crippen molar-refractivity contribution in [2.24, 2.45) is 7.05 Å². The number of carbonyl (C=O) groups is 1. The van der Waals surface area contributed by atoms with Gasteiger partial charge in [-0.25, -0.2) is 4.98 Å². The van der Waals surface area contributed by atoms with Crippen molar-refractivity contribution in [3.8, 4) is 0 Å². The van der Waals surface area contributed by atoms with Gasteiger partial charge < -0.3 is 5.32 Å². The Hall–Kier alpha value is -2.12. The third-order valence-corrected chi connectivity index (χ3v) is 6.84. The molecule has 0 radical (unpaired) electrons. The molecule has 7 heteroatoms. The maximum atomic E-state index is 12.7. The van der Waals surface area contributed by atoms with Crippen LogP contribution < -0.4 is 10.9 Å². The number of nitrogens with one attached hydrogen (secondary N) is 1. The van der Waals surface area contributed by atoms with Crippen molar-refractivity contribution in [2.45, 2.75) is 45.2 Å². The first kappa shape index (κ1) is 20.6. The summed E-state index contributed by atoms with van der Waals surface area (Å²) >= 11 is 2.80. The molecule has 0 saturated carbocycles. The Balaban J connectivity index is 1.79. The molecular formula is C21H25N3O2S2. The van der Waals surface area contributed by atoms with Gasteiger partial charge >= 0.3 is 0 Å². The number of carbonyl (C=O) groups excluding carboxylic acids is 1. The number of thioether (sulfide) groups is 1. The van der Waals surface area contributed by atoms with Gasteiger partial charge in [-0.05, 0) is 36.5 Å². The molecule has 0 atom stereocenters. The van der Waals surface area contributed by atoms with Crippen LogP contribution in [0.25, 0.3) is 10.2 Å². The second kappa shape index (κ2) is 7.72. The van der Waals surface area contributed by atoms with Crippen LogP contribution in [0, 0.1) is 13.8 Å². The van der Waals surface area contributed by atoms with Crippen molar-refractivity contribution in [3.63, 3.8) is 0 Å². The largest absolute Gasteiger partial charge is 0.325 e. The number of thiophene rings is 1. The first-order valence-electron chi connectivity index (χ1n) is 9.08. The van der Waals surface area contributed by atoms with Gasteiger partial charge in [0.15, 0.2) is 5.16 Å². The standard InChI is InChI=1S/C21H25N3O2S2/c1-12-13(2)28-18-17(12)19(26)24(6)20(23-18)27-11-16(25)22-15-10-8-7-9-14(15)21(3,4)5/h7-10H,11H2,1-6H3,(H,22,25). The Morgan fingerprint density at radius 1 is 1.25 bits per heavy atom.